The summed E-state index contributed by atoms with van der Waals surface area (Å²) >= 11 is 0. The number of rotatable bonds is 7. The molecular weight excluding hydrogens is 304 g/mol. The molecule has 5 nitrogen and oxygen atoms in total. The SMILES string of the molecule is CCCCNC(=O)c1cccc(NC(=O)c2ccc(OC)cc2)c1. The fraction of sp³-hybridized carbons (Fsp3) is 0.263. The number of hydrogen-bond acceptors (Lipinski definition) is 3. The first-order valence-corrected chi connectivity index (χ1v) is 7.97. The van der Waals surface area contributed by atoms with Crippen LogP contribution >= 0.6 is 0 Å². The van der Waals surface area contributed by atoms with Crippen molar-refractivity contribution < 1.29 is 14.3 Å². The monoisotopic (exact) mass is 326 g/mol. The minimum absolute atomic E-state index is 0.135. The zero-order valence-corrected chi connectivity index (χ0v) is 14.0. The van der Waals surface area contributed by atoms with E-state index in [0.717, 1.165) is 12.8 Å². The highest BCUT2D eigenvalue weighted by Crippen LogP contribution is 2.15. The molecule has 0 unspecified atom stereocenters. The molecule has 5 heteroatoms. The highest BCUT2D eigenvalue weighted by Gasteiger charge is 2.09. The van der Waals surface area contributed by atoms with Crippen LogP contribution in [0.1, 0.15) is 40.5 Å². The molecule has 0 bridgehead atoms. The van der Waals surface area contributed by atoms with Gasteiger partial charge in [0.05, 0.1) is 7.11 Å². The molecule has 0 fully saturated rings. The number of unbranched alkanes of at least 4 members (excludes halogenated alkanes) is 1. The molecule has 2 rings (SSSR count). The maximum absolute atomic E-state index is 12.3. The molecule has 2 amide bonds. The van der Waals surface area contributed by atoms with E-state index in [1.165, 1.54) is 0 Å². The van der Waals surface area contributed by atoms with Crippen molar-refractivity contribution in [1.29, 1.82) is 0 Å². The van der Waals surface area contributed by atoms with Gasteiger partial charge in [0.15, 0.2) is 0 Å². The topological polar surface area (TPSA) is 67.4 Å². The standard InChI is InChI=1S/C19H22N2O3/c1-3-4-12-20-18(22)15-6-5-7-16(13-15)21-19(23)14-8-10-17(24-2)11-9-14/h5-11,13H,3-4,12H2,1-2H3,(H,20,22)(H,21,23). The molecule has 0 heterocycles. The Morgan fingerprint density at radius 1 is 1.00 bits per heavy atom. The number of ether oxygens (including phenoxy) is 1. The summed E-state index contributed by atoms with van der Waals surface area (Å²) in [6, 6.07) is 13.7. The van der Waals surface area contributed by atoms with Gasteiger partial charge in [0.25, 0.3) is 11.8 Å². The Labute approximate surface area is 142 Å². The second kappa shape index (κ2) is 8.72. The molecule has 24 heavy (non-hydrogen) atoms. The average Bonchev–Trinajstić information content (AvgIpc) is 2.62. The minimum atomic E-state index is -0.235. The lowest BCUT2D eigenvalue weighted by molar-refractivity contribution is 0.0951. The molecule has 0 aromatic heterocycles. The predicted octanol–water partition coefficient (Wildman–Crippen LogP) is 3.48. The Morgan fingerprint density at radius 3 is 2.42 bits per heavy atom. The van der Waals surface area contributed by atoms with E-state index in [2.05, 4.69) is 17.6 Å². The summed E-state index contributed by atoms with van der Waals surface area (Å²) in [7, 11) is 1.58. The quantitative estimate of drug-likeness (QED) is 0.766. The van der Waals surface area contributed by atoms with Gasteiger partial charge in [-0.25, -0.2) is 0 Å². The molecule has 2 aromatic rings. The normalized spacial score (nSPS) is 10.1. The third-order valence-electron chi connectivity index (χ3n) is 3.55. The number of nitrogens with one attached hydrogen (secondary N) is 2. The van der Waals surface area contributed by atoms with E-state index < -0.39 is 0 Å². The van der Waals surface area contributed by atoms with Crippen molar-refractivity contribution in [3.8, 4) is 5.75 Å². The first-order chi connectivity index (χ1) is 11.6. The molecule has 0 radical (unpaired) electrons. The van der Waals surface area contributed by atoms with Gasteiger partial charge in [-0.15, -0.1) is 0 Å². The van der Waals surface area contributed by atoms with Gasteiger partial charge >= 0.3 is 0 Å². The predicted molar refractivity (Wildman–Crippen MR) is 94.6 cm³/mol. The van der Waals surface area contributed by atoms with Gasteiger partial charge < -0.3 is 15.4 Å². The number of methoxy groups -OCH3 is 1. The van der Waals surface area contributed by atoms with E-state index in [4.69, 9.17) is 4.74 Å². The van der Waals surface area contributed by atoms with Crippen LogP contribution < -0.4 is 15.4 Å². The van der Waals surface area contributed by atoms with Crippen molar-refractivity contribution in [2.24, 2.45) is 0 Å². The number of carbonyl (C=O) groups is 2. The minimum Gasteiger partial charge on any atom is -0.497 e. The fourth-order valence-electron chi connectivity index (χ4n) is 2.16. The molecule has 0 spiro atoms. The summed E-state index contributed by atoms with van der Waals surface area (Å²) in [5.41, 5.74) is 1.63. The van der Waals surface area contributed by atoms with Crippen LogP contribution in [0.5, 0.6) is 5.75 Å². The van der Waals surface area contributed by atoms with E-state index in [-0.39, 0.29) is 11.8 Å². The van der Waals surface area contributed by atoms with Gasteiger partial charge in [-0.1, -0.05) is 19.4 Å². The van der Waals surface area contributed by atoms with Crippen LogP contribution in [0.25, 0.3) is 0 Å². The van der Waals surface area contributed by atoms with Crippen molar-refractivity contribution in [3.05, 3.63) is 59.7 Å². The van der Waals surface area contributed by atoms with Crippen molar-refractivity contribution >= 4 is 17.5 Å². The van der Waals surface area contributed by atoms with Crippen molar-refractivity contribution in [2.45, 2.75) is 19.8 Å². The van der Waals surface area contributed by atoms with Crippen LogP contribution in [0.3, 0.4) is 0 Å². The highest BCUT2D eigenvalue weighted by atomic mass is 16.5. The molecule has 0 saturated carbocycles. The third-order valence-corrected chi connectivity index (χ3v) is 3.55. The summed E-state index contributed by atoms with van der Waals surface area (Å²) in [5, 5.41) is 5.66. The van der Waals surface area contributed by atoms with Crippen molar-refractivity contribution in [2.75, 3.05) is 19.0 Å². The van der Waals surface area contributed by atoms with Gasteiger partial charge in [0.1, 0.15) is 5.75 Å². The molecule has 126 valence electrons. The maximum Gasteiger partial charge on any atom is 0.255 e. The van der Waals surface area contributed by atoms with E-state index in [1.54, 1.807) is 55.6 Å². The van der Waals surface area contributed by atoms with Crippen LogP contribution in [0.4, 0.5) is 5.69 Å². The summed E-state index contributed by atoms with van der Waals surface area (Å²) in [4.78, 5) is 24.3. The lowest BCUT2D eigenvalue weighted by Crippen LogP contribution is -2.24. The van der Waals surface area contributed by atoms with Crippen LogP contribution in [-0.2, 0) is 0 Å². The Kier molecular flexibility index (Phi) is 6.37. The number of hydrogen-bond donors (Lipinski definition) is 2. The van der Waals surface area contributed by atoms with Crippen LogP contribution in [0.15, 0.2) is 48.5 Å². The van der Waals surface area contributed by atoms with Crippen molar-refractivity contribution in [3.63, 3.8) is 0 Å². The molecule has 2 aromatic carbocycles. The first-order valence-electron chi connectivity index (χ1n) is 7.97. The zero-order valence-electron chi connectivity index (χ0n) is 14.0. The second-order valence-corrected chi connectivity index (χ2v) is 5.37. The van der Waals surface area contributed by atoms with Gasteiger partial charge in [-0.2, -0.15) is 0 Å². The van der Waals surface area contributed by atoms with Gasteiger partial charge in [0, 0.05) is 23.4 Å². The number of benzene rings is 2. The number of carbonyl (C=O) groups excluding carboxylic acids is 2. The van der Waals surface area contributed by atoms with Crippen molar-refractivity contribution in [1.82, 2.24) is 5.32 Å². The average molecular weight is 326 g/mol. The molecule has 0 aliphatic carbocycles. The van der Waals surface area contributed by atoms with Crippen LogP contribution in [-0.4, -0.2) is 25.5 Å². The number of anilines is 1. The molecule has 0 atom stereocenters. The molecule has 0 aliphatic heterocycles. The van der Waals surface area contributed by atoms with Gasteiger partial charge in [-0.3, -0.25) is 9.59 Å². The fourth-order valence-corrected chi connectivity index (χ4v) is 2.16. The smallest absolute Gasteiger partial charge is 0.255 e. The third kappa shape index (κ3) is 4.84. The summed E-state index contributed by atoms with van der Waals surface area (Å²) in [6.07, 6.45) is 1.97. The Bertz CT molecular complexity index is 696. The lowest BCUT2D eigenvalue weighted by Gasteiger charge is -2.09. The largest absolute Gasteiger partial charge is 0.497 e. The Morgan fingerprint density at radius 2 is 1.75 bits per heavy atom. The lowest BCUT2D eigenvalue weighted by atomic mass is 10.1. The zero-order chi connectivity index (χ0) is 17.4. The first kappa shape index (κ1) is 17.5. The number of amides is 2. The molecular formula is C19H22N2O3. The highest BCUT2D eigenvalue weighted by molar-refractivity contribution is 6.05. The van der Waals surface area contributed by atoms with Gasteiger partial charge in [0.2, 0.25) is 0 Å². The van der Waals surface area contributed by atoms with E-state index in [9.17, 15) is 9.59 Å². The Balaban J connectivity index is 2.02. The van der Waals surface area contributed by atoms with E-state index >= 15 is 0 Å². The summed E-state index contributed by atoms with van der Waals surface area (Å²) in [6.45, 7) is 2.72. The van der Waals surface area contributed by atoms with E-state index in [1.807, 2.05) is 0 Å². The van der Waals surface area contributed by atoms with Gasteiger partial charge in [-0.05, 0) is 48.9 Å². The molecule has 0 saturated heterocycles. The second-order valence-electron chi connectivity index (χ2n) is 5.37. The van der Waals surface area contributed by atoms with E-state index in [0.29, 0.717) is 29.1 Å². The maximum atomic E-state index is 12.3. The van der Waals surface area contributed by atoms with Crippen LogP contribution in [0, 0.1) is 0 Å². The summed E-state index contributed by atoms with van der Waals surface area (Å²) in [5.74, 6) is 0.322. The van der Waals surface area contributed by atoms with Crippen LogP contribution in [0.2, 0.25) is 0 Å². The molecule has 2 N–H and O–H groups in total. The Hall–Kier alpha value is -2.82. The summed E-state index contributed by atoms with van der Waals surface area (Å²) < 4.78 is 5.07. The molecule has 0 aliphatic rings.